The number of halogens is 2. The van der Waals surface area contributed by atoms with Crippen molar-refractivity contribution in [1.29, 1.82) is 0 Å². The standard InChI is InChI=1S/C29H27F2N5O3S2/c1-35(2)20-10-12-36(16-20)28(38)25-15-22-27(41-25)24(9-11-32-22)39-23-8-7-19(14-21(23)31)33-29(40)34-26(37)13-17-3-5-18(30)6-4-17/h3-9,11,14-15,20H,10,12-13,16H2,1-2H3,(H2,33,34,37,40). The molecule has 12 heteroatoms. The fourth-order valence-corrected chi connectivity index (χ4v) is 5.77. The van der Waals surface area contributed by atoms with Crippen LogP contribution in [0, 0.1) is 11.6 Å². The Morgan fingerprint density at radius 3 is 2.61 bits per heavy atom. The smallest absolute Gasteiger partial charge is 0.264 e. The number of amides is 2. The molecule has 41 heavy (non-hydrogen) atoms. The van der Waals surface area contributed by atoms with Crippen molar-refractivity contribution in [2.75, 3.05) is 32.5 Å². The molecule has 3 heterocycles. The highest BCUT2D eigenvalue weighted by molar-refractivity contribution is 7.80. The lowest BCUT2D eigenvalue weighted by atomic mass is 10.1. The minimum absolute atomic E-state index is 0.00768. The molecule has 0 radical (unpaired) electrons. The second-order valence-electron chi connectivity index (χ2n) is 9.84. The van der Waals surface area contributed by atoms with Gasteiger partial charge in [0.1, 0.15) is 11.6 Å². The molecule has 2 N–H and O–H groups in total. The second kappa shape index (κ2) is 12.2. The van der Waals surface area contributed by atoms with Gasteiger partial charge in [-0.2, -0.15) is 0 Å². The highest BCUT2D eigenvalue weighted by Gasteiger charge is 2.29. The molecular formula is C29H27F2N5O3S2. The lowest BCUT2D eigenvalue weighted by molar-refractivity contribution is -0.119. The van der Waals surface area contributed by atoms with Crippen LogP contribution in [-0.4, -0.2) is 64.9 Å². The molecule has 0 saturated carbocycles. The number of rotatable bonds is 7. The van der Waals surface area contributed by atoms with Crippen molar-refractivity contribution in [3.63, 3.8) is 0 Å². The number of hydrogen-bond acceptors (Lipinski definition) is 7. The number of thiophene rings is 1. The van der Waals surface area contributed by atoms with Crippen LogP contribution < -0.4 is 15.4 Å². The van der Waals surface area contributed by atoms with Crippen LogP contribution in [0.5, 0.6) is 11.5 Å². The van der Waals surface area contributed by atoms with E-state index in [4.69, 9.17) is 17.0 Å². The normalized spacial score (nSPS) is 14.9. The number of likely N-dealkylation sites (tertiary alicyclic amines) is 1. The average Bonchev–Trinajstić information content (AvgIpc) is 3.60. The molecule has 1 aliphatic heterocycles. The molecular weight excluding hydrogens is 568 g/mol. The van der Waals surface area contributed by atoms with E-state index >= 15 is 4.39 Å². The SMILES string of the molecule is CN(C)C1CCN(C(=O)c2cc3nccc(Oc4ccc(NC(=S)NC(=O)Cc5ccc(F)cc5)cc4F)c3s2)C1. The fourth-order valence-electron chi connectivity index (χ4n) is 4.50. The number of anilines is 1. The zero-order valence-electron chi connectivity index (χ0n) is 22.3. The monoisotopic (exact) mass is 595 g/mol. The quantitative estimate of drug-likeness (QED) is 0.284. The van der Waals surface area contributed by atoms with Crippen molar-refractivity contribution in [1.82, 2.24) is 20.1 Å². The summed E-state index contributed by atoms with van der Waals surface area (Å²) >= 11 is 6.44. The molecule has 212 valence electrons. The lowest BCUT2D eigenvalue weighted by Crippen LogP contribution is -2.35. The van der Waals surface area contributed by atoms with Gasteiger partial charge in [-0.15, -0.1) is 11.3 Å². The first-order valence-corrected chi connectivity index (χ1v) is 14.1. The number of aromatic nitrogens is 1. The Hall–Kier alpha value is -4.00. The van der Waals surface area contributed by atoms with Gasteiger partial charge in [-0.3, -0.25) is 14.6 Å². The number of hydrogen-bond donors (Lipinski definition) is 2. The summed E-state index contributed by atoms with van der Waals surface area (Å²) in [6.07, 6.45) is 2.49. The first-order valence-electron chi connectivity index (χ1n) is 12.8. The van der Waals surface area contributed by atoms with E-state index in [9.17, 15) is 14.0 Å². The van der Waals surface area contributed by atoms with Gasteiger partial charge in [-0.1, -0.05) is 12.1 Å². The van der Waals surface area contributed by atoms with Crippen molar-refractivity contribution >= 4 is 56.4 Å². The summed E-state index contributed by atoms with van der Waals surface area (Å²) in [4.78, 5) is 34.3. The number of carbonyl (C=O) groups excluding carboxylic acids is 2. The Balaban J connectivity index is 1.23. The van der Waals surface area contributed by atoms with Crippen LogP contribution in [0.3, 0.4) is 0 Å². The summed E-state index contributed by atoms with van der Waals surface area (Å²) in [6, 6.07) is 13.5. The maximum Gasteiger partial charge on any atom is 0.264 e. The van der Waals surface area contributed by atoms with Crippen molar-refractivity contribution in [3.05, 3.63) is 82.9 Å². The van der Waals surface area contributed by atoms with Gasteiger partial charge in [-0.25, -0.2) is 8.78 Å². The summed E-state index contributed by atoms with van der Waals surface area (Å²) < 4.78 is 34.6. The first-order chi connectivity index (χ1) is 19.7. The van der Waals surface area contributed by atoms with E-state index in [-0.39, 0.29) is 29.0 Å². The summed E-state index contributed by atoms with van der Waals surface area (Å²) in [5, 5.41) is 5.28. The van der Waals surface area contributed by atoms with Crippen LogP contribution in [-0.2, 0) is 11.2 Å². The van der Waals surface area contributed by atoms with E-state index in [2.05, 4.69) is 20.5 Å². The third-order valence-electron chi connectivity index (χ3n) is 6.71. The van der Waals surface area contributed by atoms with Crippen LogP contribution in [0.15, 0.2) is 60.8 Å². The summed E-state index contributed by atoms with van der Waals surface area (Å²) in [5.41, 5.74) is 1.53. The number of pyridine rings is 1. The molecule has 1 fully saturated rings. The highest BCUT2D eigenvalue weighted by atomic mass is 32.1. The van der Waals surface area contributed by atoms with Gasteiger partial charge >= 0.3 is 0 Å². The Labute approximate surface area is 244 Å². The van der Waals surface area contributed by atoms with Crippen LogP contribution in [0.1, 0.15) is 21.7 Å². The number of ether oxygens (including phenoxy) is 1. The third kappa shape index (κ3) is 6.84. The molecule has 2 aromatic carbocycles. The Bertz CT molecular complexity index is 1610. The highest BCUT2D eigenvalue weighted by Crippen LogP contribution is 2.37. The molecule has 1 aliphatic rings. The van der Waals surface area contributed by atoms with Crippen LogP contribution in [0.2, 0.25) is 0 Å². The number of fused-ring (bicyclic) bond motifs is 1. The van der Waals surface area contributed by atoms with Crippen molar-refractivity contribution in [3.8, 4) is 11.5 Å². The van der Waals surface area contributed by atoms with Gasteiger partial charge < -0.3 is 25.2 Å². The minimum atomic E-state index is -0.653. The molecule has 2 aromatic heterocycles. The molecule has 0 spiro atoms. The second-order valence-corrected chi connectivity index (χ2v) is 11.3. The van der Waals surface area contributed by atoms with E-state index in [0.29, 0.717) is 51.2 Å². The van der Waals surface area contributed by atoms with Crippen molar-refractivity contribution < 1.29 is 23.1 Å². The summed E-state index contributed by atoms with van der Waals surface area (Å²) in [6.45, 7) is 1.36. The largest absolute Gasteiger partial charge is 0.453 e. The van der Waals surface area contributed by atoms with E-state index in [0.717, 1.165) is 6.42 Å². The molecule has 2 amide bonds. The van der Waals surface area contributed by atoms with Gasteiger partial charge in [0, 0.05) is 43.1 Å². The Morgan fingerprint density at radius 1 is 1.12 bits per heavy atom. The first kappa shape index (κ1) is 28.5. The van der Waals surface area contributed by atoms with Crippen LogP contribution in [0.25, 0.3) is 10.2 Å². The van der Waals surface area contributed by atoms with Gasteiger partial charge in [-0.05, 0) is 68.6 Å². The Kier molecular flexibility index (Phi) is 8.52. The average molecular weight is 596 g/mol. The maximum atomic E-state index is 15.0. The van der Waals surface area contributed by atoms with Gasteiger partial charge in [0.25, 0.3) is 5.91 Å². The van der Waals surface area contributed by atoms with Crippen LogP contribution >= 0.6 is 23.6 Å². The van der Waals surface area contributed by atoms with E-state index in [1.54, 1.807) is 24.4 Å². The predicted octanol–water partition coefficient (Wildman–Crippen LogP) is 5.20. The van der Waals surface area contributed by atoms with Gasteiger partial charge in [0.05, 0.1) is 21.5 Å². The topological polar surface area (TPSA) is 86.8 Å². The fraction of sp³-hybridized carbons (Fsp3) is 0.241. The molecule has 1 unspecified atom stereocenters. The van der Waals surface area contributed by atoms with Gasteiger partial charge in [0.2, 0.25) is 5.91 Å². The van der Waals surface area contributed by atoms with Gasteiger partial charge in [0.15, 0.2) is 16.7 Å². The maximum absolute atomic E-state index is 15.0. The summed E-state index contributed by atoms with van der Waals surface area (Å²) in [7, 11) is 4.02. The van der Waals surface area contributed by atoms with E-state index < -0.39 is 11.7 Å². The number of likely N-dealkylation sites (N-methyl/N-ethyl adjacent to an activating group) is 1. The number of carbonyl (C=O) groups is 2. The lowest BCUT2D eigenvalue weighted by Gasteiger charge is -2.19. The molecule has 1 saturated heterocycles. The zero-order valence-corrected chi connectivity index (χ0v) is 24.0. The zero-order chi connectivity index (χ0) is 29.1. The van der Waals surface area contributed by atoms with E-state index in [1.165, 1.54) is 47.7 Å². The van der Waals surface area contributed by atoms with Crippen molar-refractivity contribution in [2.45, 2.75) is 18.9 Å². The third-order valence-corrected chi connectivity index (χ3v) is 8.04. The summed E-state index contributed by atoms with van der Waals surface area (Å²) in [5.74, 6) is -1.13. The van der Waals surface area contributed by atoms with E-state index in [1.807, 2.05) is 19.0 Å². The van der Waals surface area contributed by atoms with Crippen molar-refractivity contribution in [2.24, 2.45) is 0 Å². The molecule has 0 aliphatic carbocycles. The molecule has 5 rings (SSSR count). The predicted molar refractivity (Wildman–Crippen MR) is 159 cm³/mol. The number of benzene rings is 2. The number of nitrogens with zero attached hydrogens (tertiary/aromatic N) is 3. The number of nitrogens with one attached hydrogen (secondary N) is 2. The molecule has 1 atom stereocenters. The number of thiocarbonyl (C=S) groups is 1. The molecule has 0 bridgehead atoms. The van der Waals surface area contributed by atoms with Crippen LogP contribution in [0.4, 0.5) is 14.5 Å². The molecule has 8 nitrogen and oxygen atoms in total. The Morgan fingerprint density at radius 2 is 1.90 bits per heavy atom. The molecule has 4 aromatic rings. The minimum Gasteiger partial charge on any atom is -0.453 e.